The number of fused-ring (bicyclic) bond motifs is 1. The summed E-state index contributed by atoms with van der Waals surface area (Å²) in [4.78, 5) is 38.1. The zero-order valence-corrected chi connectivity index (χ0v) is 20.9. The number of nitrogens with two attached hydrogens (primary N) is 2. The van der Waals surface area contributed by atoms with E-state index in [4.69, 9.17) is 21.3 Å². The van der Waals surface area contributed by atoms with E-state index < -0.39 is 30.1 Å². The summed E-state index contributed by atoms with van der Waals surface area (Å²) >= 11 is 0. The maximum atomic E-state index is 12.4. The molecule has 1 aromatic heterocycles. The average molecular weight is 515 g/mol. The molecule has 1 aromatic carbocycles. The standard InChI is InChI=1S/C25H34N6O6/c1-13-5-6-16-14(2)22(37-18(16)10-13)21(33)20(24(35)36)30-19(32)4-3-8-29-23(34)17(26)11-15-7-9-31(12-15)25(27)28/h5-7,10,17,20-21,33H,3-4,8-9,11-12,26H2,1-2H3,(H3,27,28)(H,29,34)(H,30,32)(H,35,36). The number of amides is 2. The fraction of sp³-hybridized carbons (Fsp3) is 0.440. The highest BCUT2D eigenvalue weighted by molar-refractivity contribution is 5.86. The normalized spacial score (nSPS) is 15.7. The quantitative estimate of drug-likeness (QED) is 0.0956. The maximum Gasteiger partial charge on any atom is 0.329 e. The molecule has 3 atom stereocenters. The fourth-order valence-corrected chi connectivity index (χ4v) is 4.22. The smallest absolute Gasteiger partial charge is 0.329 e. The lowest BCUT2D eigenvalue weighted by Gasteiger charge is -2.19. The van der Waals surface area contributed by atoms with E-state index in [9.17, 15) is 24.6 Å². The molecule has 0 radical (unpaired) electrons. The number of aryl methyl sites for hydroxylation is 2. The van der Waals surface area contributed by atoms with Crippen molar-refractivity contribution in [3.8, 4) is 0 Å². The first-order chi connectivity index (χ1) is 17.5. The number of nitrogens with zero attached hydrogens (tertiary/aromatic N) is 1. The van der Waals surface area contributed by atoms with Crippen LogP contribution in [0.5, 0.6) is 0 Å². The van der Waals surface area contributed by atoms with Crippen molar-refractivity contribution in [1.82, 2.24) is 15.5 Å². The van der Waals surface area contributed by atoms with Gasteiger partial charge in [0.25, 0.3) is 0 Å². The van der Waals surface area contributed by atoms with E-state index in [2.05, 4.69) is 10.6 Å². The highest BCUT2D eigenvalue weighted by atomic mass is 16.4. The number of hydrogen-bond donors (Lipinski definition) is 7. The molecule has 0 saturated heterocycles. The van der Waals surface area contributed by atoms with Crippen LogP contribution in [0.3, 0.4) is 0 Å². The molecule has 200 valence electrons. The second kappa shape index (κ2) is 11.9. The summed E-state index contributed by atoms with van der Waals surface area (Å²) in [5.41, 5.74) is 14.4. The van der Waals surface area contributed by atoms with Crippen molar-refractivity contribution in [2.75, 3.05) is 19.6 Å². The Morgan fingerprint density at radius 2 is 2.00 bits per heavy atom. The van der Waals surface area contributed by atoms with Crippen molar-refractivity contribution in [1.29, 1.82) is 5.41 Å². The lowest BCUT2D eigenvalue weighted by molar-refractivity contribution is -0.145. The molecule has 0 aliphatic carbocycles. The van der Waals surface area contributed by atoms with Crippen molar-refractivity contribution in [2.45, 2.75) is 51.3 Å². The number of furan rings is 1. The molecule has 12 nitrogen and oxygen atoms in total. The van der Waals surface area contributed by atoms with Gasteiger partial charge >= 0.3 is 5.97 Å². The Morgan fingerprint density at radius 1 is 1.27 bits per heavy atom. The fourth-order valence-electron chi connectivity index (χ4n) is 4.22. The molecular formula is C25H34N6O6. The number of guanidine groups is 1. The minimum atomic E-state index is -1.61. The number of aliphatic hydroxyl groups excluding tert-OH is 1. The first-order valence-electron chi connectivity index (χ1n) is 12.0. The monoisotopic (exact) mass is 514 g/mol. The van der Waals surface area contributed by atoms with Crippen molar-refractivity contribution < 1.29 is 29.0 Å². The Kier molecular flexibility index (Phi) is 8.90. The van der Waals surface area contributed by atoms with Crippen molar-refractivity contribution >= 4 is 34.7 Å². The van der Waals surface area contributed by atoms with Crippen LogP contribution in [0.2, 0.25) is 0 Å². The number of carboxylic acid groups (broad SMARTS) is 1. The minimum absolute atomic E-state index is 0.0389. The van der Waals surface area contributed by atoms with E-state index in [1.807, 2.05) is 25.1 Å². The number of hydrogen-bond acceptors (Lipinski definition) is 7. The maximum absolute atomic E-state index is 12.4. The molecule has 0 fully saturated rings. The third-order valence-corrected chi connectivity index (χ3v) is 6.33. The highest BCUT2D eigenvalue weighted by Gasteiger charge is 2.33. The van der Waals surface area contributed by atoms with E-state index in [1.165, 1.54) is 0 Å². The van der Waals surface area contributed by atoms with E-state index >= 15 is 0 Å². The highest BCUT2D eigenvalue weighted by Crippen LogP contribution is 2.31. The second-order valence-corrected chi connectivity index (χ2v) is 9.25. The van der Waals surface area contributed by atoms with Crippen LogP contribution in [-0.2, 0) is 14.4 Å². The number of benzene rings is 1. The first kappa shape index (κ1) is 27.7. The summed E-state index contributed by atoms with van der Waals surface area (Å²) < 4.78 is 5.72. The molecule has 0 saturated carbocycles. The Labute approximate surface area is 214 Å². The van der Waals surface area contributed by atoms with Gasteiger partial charge in [-0.1, -0.05) is 23.8 Å². The molecule has 12 heteroatoms. The van der Waals surface area contributed by atoms with Gasteiger partial charge < -0.3 is 41.6 Å². The number of carboxylic acids is 1. The lowest BCUT2D eigenvalue weighted by Crippen LogP contribution is -2.45. The molecule has 37 heavy (non-hydrogen) atoms. The van der Waals surface area contributed by atoms with Crippen molar-refractivity contribution in [3.05, 3.63) is 46.7 Å². The molecule has 0 spiro atoms. The van der Waals surface area contributed by atoms with E-state index in [-0.39, 0.29) is 37.0 Å². The van der Waals surface area contributed by atoms with Gasteiger partial charge in [-0.25, -0.2) is 4.79 Å². The number of aliphatic carboxylic acids is 1. The van der Waals surface area contributed by atoms with E-state index in [0.717, 1.165) is 16.5 Å². The molecule has 9 N–H and O–H groups in total. The molecule has 2 aromatic rings. The van der Waals surface area contributed by atoms with Gasteiger partial charge in [0, 0.05) is 37.0 Å². The third-order valence-electron chi connectivity index (χ3n) is 6.33. The number of carbonyl (C=O) groups is 3. The predicted molar refractivity (Wildman–Crippen MR) is 137 cm³/mol. The van der Waals surface area contributed by atoms with Crippen molar-refractivity contribution in [2.24, 2.45) is 11.5 Å². The molecule has 3 rings (SSSR count). The average Bonchev–Trinajstić information content (AvgIpc) is 3.43. The van der Waals surface area contributed by atoms with Gasteiger partial charge in [-0.15, -0.1) is 0 Å². The number of carbonyl (C=O) groups excluding carboxylic acids is 2. The summed E-state index contributed by atoms with van der Waals surface area (Å²) in [5.74, 6) is -2.32. The lowest BCUT2D eigenvalue weighted by atomic mass is 10.0. The Bertz CT molecular complexity index is 1220. The summed E-state index contributed by atoms with van der Waals surface area (Å²) in [6, 6.07) is 3.12. The Hall–Kier alpha value is -3.90. The van der Waals surface area contributed by atoms with Crippen LogP contribution in [0.25, 0.3) is 11.0 Å². The zero-order valence-electron chi connectivity index (χ0n) is 20.9. The molecule has 0 bridgehead atoms. The molecule has 3 unspecified atom stereocenters. The molecular weight excluding hydrogens is 480 g/mol. The SMILES string of the molecule is Cc1ccc2c(C)c(C(O)C(NC(=O)CCCNC(=O)C(N)CC3=CCN(C(=N)N)C3)C(=O)O)oc2c1. The van der Waals surface area contributed by atoms with Gasteiger partial charge in [0.1, 0.15) is 17.4 Å². The van der Waals surface area contributed by atoms with E-state index in [1.54, 1.807) is 17.9 Å². The Morgan fingerprint density at radius 3 is 2.65 bits per heavy atom. The second-order valence-electron chi connectivity index (χ2n) is 9.25. The number of rotatable bonds is 11. The van der Waals surface area contributed by atoms with E-state index in [0.29, 0.717) is 30.7 Å². The van der Waals surface area contributed by atoms with Crippen LogP contribution in [-0.4, -0.2) is 70.6 Å². The van der Waals surface area contributed by atoms with Crippen LogP contribution in [0.15, 0.2) is 34.3 Å². The van der Waals surface area contributed by atoms with Crippen molar-refractivity contribution in [3.63, 3.8) is 0 Å². The van der Waals surface area contributed by atoms with Crippen LogP contribution >= 0.6 is 0 Å². The van der Waals surface area contributed by atoms with Crippen LogP contribution in [0.4, 0.5) is 0 Å². The van der Waals surface area contributed by atoms with Crippen LogP contribution in [0.1, 0.15) is 42.3 Å². The molecule has 2 heterocycles. The van der Waals surface area contributed by atoms with Crippen LogP contribution in [0, 0.1) is 19.3 Å². The zero-order chi connectivity index (χ0) is 27.3. The summed E-state index contributed by atoms with van der Waals surface area (Å²) in [5, 5.41) is 33.6. The van der Waals surface area contributed by atoms with Gasteiger partial charge in [0.05, 0.1) is 6.04 Å². The molecule has 1 aliphatic heterocycles. The first-order valence-corrected chi connectivity index (χ1v) is 12.0. The van der Waals surface area contributed by atoms with Gasteiger partial charge in [0.15, 0.2) is 12.0 Å². The largest absolute Gasteiger partial charge is 0.480 e. The third kappa shape index (κ3) is 6.86. The molecule has 1 aliphatic rings. The van der Waals surface area contributed by atoms with Gasteiger partial charge in [-0.05, 0) is 38.3 Å². The number of aliphatic hydroxyl groups is 1. The minimum Gasteiger partial charge on any atom is -0.480 e. The predicted octanol–water partition coefficient (Wildman–Crippen LogP) is 0.402. The molecule has 2 amide bonds. The number of nitrogens with one attached hydrogen (secondary N) is 3. The van der Waals surface area contributed by atoms with Gasteiger partial charge in [0.2, 0.25) is 11.8 Å². The van der Waals surface area contributed by atoms with Gasteiger partial charge in [-0.2, -0.15) is 0 Å². The van der Waals surface area contributed by atoms with Crippen LogP contribution < -0.4 is 22.1 Å². The summed E-state index contributed by atoms with van der Waals surface area (Å²) in [6.45, 7) is 4.74. The summed E-state index contributed by atoms with van der Waals surface area (Å²) in [7, 11) is 0. The Balaban J connectivity index is 1.46. The van der Waals surface area contributed by atoms with Gasteiger partial charge in [-0.3, -0.25) is 15.0 Å². The topological polar surface area (TPSA) is 208 Å². The summed E-state index contributed by atoms with van der Waals surface area (Å²) in [6.07, 6.45) is 0.810.